The molecule has 2 amide bonds. The van der Waals surface area contributed by atoms with E-state index in [0.29, 0.717) is 19.0 Å². The minimum Gasteiger partial charge on any atom is -0.380 e. The molecule has 0 aliphatic heterocycles. The smallest absolute Gasteiger partial charge is 0.315 e. The van der Waals surface area contributed by atoms with Crippen molar-refractivity contribution in [3.8, 4) is 0 Å². The highest BCUT2D eigenvalue weighted by atomic mass is 16.2. The fourth-order valence-electron chi connectivity index (χ4n) is 3.00. The maximum atomic E-state index is 12.2. The number of imidazole rings is 1. The molecule has 6 heteroatoms. The summed E-state index contributed by atoms with van der Waals surface area (Å²) in [6.45, 7) is 6.13. The number of aromatic nitrogens is 2. The number of hydrogen-bond acceptors (Lipinski definition) is 3. The highest BCUT2D eigenvalue weighted by Gasteiger charge is 2.14. The van der Waals surface area contributed by atoms with Crippen molar-refractivity contribution in [2.75, 3.05) is 11.9 Å². The average molecular weight is 392 g/mol. The number of nitrogens with zero attached hydrogens (tertiary/aromatic N) is 2. The van der Waals surface area contributed by atoms with Gasteiger partial charge in [0, 0.05) is 43.8 Å². The highest BCUT2D eigenvalue weighted by molar-refractivity contribution is 5.73. The number of nitrogens with one attached hydrogen (secondary N) is 3. The molecule has 0 saturated heterocycles. The van der Waals surface area contributed by atoms with Gasteiger partial charge in [0.1, 0.15) is 0 Å². The fourth-order valence-corrected chi connectivity index (χ4v) is 3.00. The van der Waals surface area contributed by atoms with Crippen molar-refractivity contribution in [3.63, 3.8) is 0 Å². The fraction of sp³-hybridized carbons (Fsp3) is 0.304. The van der Waals surface area contributed by atoms with Crippen LogP contribution in [0.15, 0.2) is 73.3 Å². The molecule has 0 aliphatic carbocycles. The Kier molecular flexibility index (Phi) is 7.28. The van der Waals surface area contributed by atoms with Crippen LogP contribution in [0.3, 0.4) is 0 Å². The lowest BCUT2D eigenvalue weighted by molar-refractivity contribution is 0.239. The molecule has 152 valence electrons. The molecule has 1 unspecified atom stereocenters. The first-order chi connectivity index (χ1) is 14.1. The van der Waals surface area contributed by atoms with Crippen molar-refractivity contribution < 1.29 is 4.79 Å². The Balaban J connectivity index is 1.42. The number of urea groups is 1. The van der Waals surface area contributed by atoms with Gasteiger partial charge in [-0.1, -0.05) is 56.3 Å². The third kappa shape index (κ3) is 6.68. The van der Waals surface area contributed by atoms with E-state index >= 15 is 0 Å². The van der Waals surface area contributed by atoms with Crippen molar-refractivity contribution in [2.45, 2.75) is 33.0 Å². The maximum Gasteiger partial charge on any atom is 0.315 e. The number of hydrogen-bond donors (Lipinski definition) is 3. The summed E-state index contributed by atoms with van der Waals surface area (Å²) in [4.78, 5) is 16.3. The molecule has 1 atom stereocenters. The lowest BCUT2D eigenvalue weighted by Gasteiger charge is -2.24. The monoisotopic (exact) mass is 391 g/mol. The molecule has 0 saturated carbocycles. The molecule has 0 fully saturated rings. The molecule has 3 aromatic rings. The van der Waals surface area contributed by atoms with Crippen LogP contribution in [0.5, 0.6) is 0 Å². The van der Waals surface area contributed by atoms with Crippen LogP contribution in [0.2, 0.25) is 0 Å². The van der Waals surface area contributed by atoms with Gasteiger partial charge in [0.2, 0.25) is 0 Å². The van der Waals surface area contributed by atoms with E-state index in [9.17, 15) is 4.79 Å². The van der Waals surface area contributed by atoms with Gasteiger partial charge >= 0.3 is 6.03 Å². The van der Waals surface area contributed by atoms with E-state index < -0.39 is 0 Å². The SMILES string of the molecule is CC(C)C(CNC(=O)NCc1ccc(Cn2ccnc2)cc1)Nc1ccccc1. The number of anilines is 1. The van der Waals surface area contributed by atoms with Gasteiger partial charge in [-0.2, -0.15) is 0 Å². The molecule has 0 bridgehead atoms. The van der Waals surface area contributed by atoms with Crippen LogP contribution in [-0.2, 0) is 13.1 Å². The van der Waals surface area contributed by atoms with Crippen molar-refractivity contribution in [2.24, 2.45) is 5.92 Å². The summed E-state index contributed by atoms with van der Waals surface area (Å²) >= 11 is 0. The van der Waals surface area contributed by atoms with Gasteiger partial charge in [-0.3, -0.25) is 0 Å². The van der Waals surface area contributed by atoms with Gasteiger partial charge in [0.15, 0.2) is 0 Å². The minimum absolute atomic E-state index is 0.158. The molecule has 0 radical (unpaired) electrons. The summed E-state index contributed by atoms with van der Waals surface area (Å²) in [5.74, 6) is 0.388. The second-order valence-electron chi connectivity index (χ2n) is 7.48. The number of para-hydroxylation sites is 1. The zero-order valence-corrected chi connectivity index (χ0v) is 17.0. The number of carbonyl (C=O) groups excluding carboxylic acids is 1. The van der Waals surface area contributed by atoms with Crippen LogP contribution in [-0.4, -0.2) is 28.2 Å². The van der Waals surface area contributed by atoms with Crippen LogP contribution in [0, 0.1) is 5.92 Å². The van der Waals surface area contributed by atoms with Crippen molar-refractivity contribution in [1.82, 2.24) is 20.2 Å². The standard InChI is InChI=1S/C23H29N5O/c1-18(2)22(27-21-6-4-3-5-7-21)15-26-23(29)25-14-19-8-10-20(11-9-19)16-28-13-12-24-17-28/h3-13,17-18,22,27H,14-16H2,1-2H3,(H2,25,26,29). The van der Waals surface area contributed by atoms with Gasteiger partial charge < -0.3 is 20.5 Å². The predicted molar refractivity (Wildman–Crippen MR) is 117 cm³/mol. The van der Waals surface area contributed by atoms with Crippen LogP contribution >= 0.6 is 0 Å². The Labute approximate surface area is 172 Å². The Morgan fingerprint density at radius 1 is 1.00 bits per heavy atom. The molecular formula is C23H29N5O. The van der Waals surface area contributed by atoms with Gasteiger partial charge in [-0.25, -0.2) is 9.78 Å². The summed E-state index contributed by atoms with van der Waals surface area (Å²) in [6.07, 6.45) is 5.52. The Morgan fingerprint density at radius 3 is 2.38 bits per heavy atom. The first-order valence-corrected chi connectivity index (χ1v) is 9.97. The third-order valence-corrected chi connectivity index (χ3v) is 4.81. The zero-order chi connectivity index (χ0) is 20.5. The second kappa shape index (κ2) is 10.3. The van der Waals surface area contributed by atoms with Crippen molar-refractivity contribution in [3.05, 3.63) is 84.4 Å². The van der Waals surface area contributed by atoms with E-state index in [2.05, 4.69) is 46.9 Å². The van der Waals surface area contributed by atoms with Crippen LogP contribution in [0.25, 0.3) is 0 Å². The summed E-state index contributed by atoms with van der Waals surface area (Å²) in [5, 5.41) is 9.38. The minimum atomic E-state index is -0.159. The van der Waals surface area contributed by atoms with Crippen LogP contribution in [0.1, 0.15) is 25.0 Å². The lowest BCUT2D eigenvalue weighted by atomic mass is 10.0. The zero-order valence-electron chi connectivity index (χ0n) is 17.0. The lowest BCUT2D eigenvalue weighted by Crippen LogP contribution is -2.43. The quantitative estimate of drug-likeness (QED) is 0.519. The molecule has 0 aliphatic rings. The molecule has 3 N–H and O–H groups in total. The van der Waals surface area contributed by atoms with E-state index in [1.54, 1.807) is 12.5 Å². The molecule has 3 rings (SSSR count). The third-order valence-electron chi connectivity index (χ3n) is 4.81. The number of amides is 2. The predicted octanol–water partition coefficient (Wildman–Crippen LogP) is 3.87. The van der Waals surface area contributed by atoms with Crippen LogP contribution in [0.4, 0.5) is 10.5 Å². The van der Waals surface area contributed by atoms with Gasteiger partial charge in [0.25, 0.3) is 0 Å². The summed E-state index contributed by atoms with van der Waals surface area (Å²) < 4.78 is 2.02. The molecule has 29 heavy (non-hydrogen) atoms. The normalized spacial score (nSPS) is 11.8. The van der Waals surface area contributed by atoms with E-state index in [1.165, 1.54) is 5.56 Å². The van der Waals surface area contributed by atoms with Gasteiger partial charge in [0.05, 0.1) is 6.33 Å². The van der Waals surface area contributed by atoms with E-state index in [0.717, 1.165) is 17.8 Å². The second-order valence-corrected chi connectivity index (χ2v) is 7.48. The number of benzene rings is 2. The largest absolute Gasteiger partial charge is 0.380 e. The molecule has 6 nitrogen and oxygen atoms in total. The molecule has 0 spiro atoms. The maximum absolute atomic E-state index is 12.2. The molecule has 2 aromatic carbocycles. The van der Waals surface area contributed by atoms with Crippen molar-refractivity contribution in [1.29, 1.82) is 0 Å². The van der Waals surface area contributed by atoms with E-state index in [1.807, 2.05) is 53.2 Å². The van der Waals surface area contributed by atoms with Gasteiger partial charge in [-0.15, -0.1) is 0 Å². The Hall–Kier alpha value is -3.28. The molecule has 1 heterocycles. The van der Waals surface area contributed by atoms with E-state index in [4.69, 9.17) is 0 Å². The molecule has 1 aromatic heterocycles. The summed E-state index contributed by atoms with van der Waals surface area (Å²) in [5.41, 5.74) is 3.32. The first kappa shape index (κ1) is 20.5. The number of carbonyl (C=O) groups is 1. The summed E-state index contributed by atoms with van der Waals surface area (Å²) in [6, 6.07) is 18.3. The summed E-state index contributed by atoms with van der Waals surface area (Å²) in [7, 11) is 0. The van der Waals surface area contributed by atoms with Crippen molar-refractivity contribution >= 4 is 11.7 Å². The number of rotatable bonds is 9. The van der Waals surface area contributed by atoms with Gasteiger partial charge in [-0.05, 0) is 29.2 Å². The van der Waals surface area contributed by atoms with Crippen LogP contribution < -0.4 is 16.0 Å². The topological polar surface area (TPSA) is 71.0 Å². The first-order valence-electron chi connectivity index (χ1n) is 9.97. The Bertz CT molecular complexity index is 860. The molecular weight excluding hydrogens is 362 g/mol. The highest BCUT2D eigenvalue weighted by Crippen LogP contribution is 2.12. The van der Waals surface area contributed by atoms with E-state index in [-0.39, 0.29) is 12.1 Å². The Morgan fingerprint density at radius 2 is 1.72 bits per heavy atom. The average Bonchev–Trinajstić information content (AvgIpc) is 3.24.